The minimum Gasteiger partial charge on any atom is -0.387 e. The van der Waals surface area contributed by atoms with E-state index < -0.39 is 47.4 Å². The molecule has 0 aliphatic carbocycles. The molecule has 0 amide bonds. The van der Waals surface area contributed by atoms with Crippen LogP contribution in [0.5, 0.6) is 0 Å². The summed E-state index contributed by atoms with van der Waals surface area (Å²) in [6.07, 6.45) is 0.140. The zero-order chi connectivity index (χ0) is 22.3. The maximum atomic E-state index is 13.6. The molecule has 3 heterocycles. The van der Waals surface area contributed by atoms with Crippen molar-refractivity contribution in [2.75, 3.05) is 0 Å². The van der Waals surface area contributed by atoms with Gasteiger partial charge in [0.2, 0.25) is 0 Å². The van der Waals surface area contributed by atoms with E-state index in [-0.39, 0.29) is 11.3 Å². The molecule has 13 heteroatoms. The third-order valence-electron chi connectivity index (χ3n) is 4.76. The minimum atomic E-state index is -1.60. The summed E-state index contributed by atoms with van der Waals surface area (Å²) in [5, 5.41) is 32.8. The molecule has 1 saturated heterocycles. The van der Waals surface area contributed by atoms with Crippen molar-refractivity contribution in [3.05, 3.63) is 64.3 Å². The Hall–Kier alpha value is -1.87. The first-order valence-corrected chi connectivity index (χ1v) is 10.6. The maximum absolute atomic E-state index is 13.6. The van der Waals surface area contributed by atoms with Crippen LogP contribution in [-0.2, 0) is 4.74 Å². The molecular weight excluding hydrogens is 505 g/mol. The Labute approximate surface area is 186 Å². The lowest BCUT2D eigenvalue weighted by Gasteiger charge is -2.42. The largest absolute Gasteiger partial charge is 0.387 e. The number of rotatable bonds is 4. The van der Waals surface area contributed by atoms with Crippen LogP contribution in [0.25, 0.3) is 5.70 Å². The molecule has 1 fully saturated rings. The van der Waals surface area contributed by atoms with Crippen molar-refractivity contribution in [2.45, 2.75) is 34.9 Å². The Morgan fingerprint density at radius 2 is 1.81 bits per heavy atom. The maximum Gasteiger partial charge on any atom is 0.194 e. The summed E-state index contributed by atoms with van der Waals surface area (Å²) in [5.74, 6) is -4.28. The van der Waals surface area contributed by atoms with Crippen molar-refractivity contribution in [1.82, 2.24) is 15.4 Å². The molecule has 1 aromatic carbocycles. The van der Waals surface area contributed by atoms with Gasteiger partial charge in [0.15, 0.2) is 23.7 Å². The fraction of sp³-hybridized carbons (Fsp3) is 0.278. The highest BCUT2D eigenvalue weighted by atomic mass is 79.9. The first-order valence-electron chi connectivity index (χ1n) is 8.95. The lowest BCUT2D eigenvalue weighted by molar-refractivity contribution is -0.829. The van der Waals surface area contributed by atoms with Crippen LogP contribution in [0.15, 0.2) is 46.2 Å². The Kier molecular flexibility index (Phi) is 6.44. The van der Waals surface area contributed by atoms with Crippen LogP contribution in [0, 0.1) is 17.5 Å². The molecule has 8 nitrogen and oxygen atoms in total. The summed E-state index contributed by atoms with van der Waals surface area (Å²) in [4.78, 5) is 4.68. The van der Waals surface area contributed by atoms with Crippen LogP contribution in [0.4, 0.5) is 13.2 Å². The van der Waals surface area contributed by atoms with E-state index in [1.807, 2.05) is 0 Å². The summed E-state index contributed by atoms with van der Waals surface area (Å²) in [6, 6.07) is 2.33. The highest BCUT2D eigenvalue weighted by Crippen LogP contribution is 2.35. The minimum absolute atomic E-state index is 0.0258. The molecule has 5 atom stereocenters. The van der Waals surface area contributed by atoms with Crippen LogP contribution in [-0.4, -0.2) is 55.3 Å². The van der Waals surface area contributed by atoms with Crippen molar-refractivity contribution in [2.24, 2.45) is 0 Å². The average Bonchev–Trinajstić information content (AvgIpc) is 3.20. The van der Waals surface area contributed by atoms with Crippen molar-refractivity contribution in [3.8, 4) is 0 Å². The van der Waals surface area contributed by atoms with Crippen LogP contribution < -0.4 is 11.0 Å². The van der Waals surface area contributed by atoms with Gasteiger partial charge in [0.05, 0.1) is 6.20 Å². The van der Waals surface area contributed by atoms with Crippen molar-refractivity contribution in [3.63, 3.8) is 0 Å². The molecule has 0 bridgehead atoms. The van der Waals surface area contributed by atoms with Gasteiger partial charge in [-0.25, -0.2) is 18.6 Å². The number of quaternary nitrogens is 1. The lowest BCUT2D eigenvalue weighted by Crippen LogP contribution is -2.99. The molecule has 0 radical (unpaired) electrons. The fourth-order valence-electron chi connectivity index (χ4n) is 3.28. The predicted octanol–water partition coefficient (Wildman–Crippen LogP) is 0.416. The number of halogens is 4. The Morgan fingerprint density at radius 3 is 2.48 bits per heavy atom. The molecule has 31 heavy (non-hydrogen) atoms. The van der Waals surface area contributed by atoms with Crippen molar-refractivity contribution < 1.29 is 38.8 Å². The van der Waals surface area contributed by atoms with E-state index in [0.717, 1.165) is 23.9 Å². The molecule has 0 spiro atoms. The van der Waals surface area contributed by atoms with Gasteiger partial charge in [-0.15, -0.1) is 5.53 Å². The number of nitrogens with zero attached hydrogens (tertiary/aromatic N) is 2. The zero-order valence-electron chi connectivity index (χ0n) is 15.5. The standard InChI is InChI=1S/C18H16BrF3N4O4S/c19-8-3-9(5-23-4-8)31-18-16(28)14(15(27)17(29)30-18)26-6-12(24-25-26)7-1-10(20)13(22)11(21)2-7/h1-6,14-18,24-25,27-29H/p+1/t14?,15-,16?,17?,18-/m1/s1. The number of aliphatic hydroxyl groups excluding tert-OH is 3. The number of hydrogen-bond donors (Lipinski definition) is 5. The van der Waals surface area contributed by atoms with Gasteiger partial charge in [0.25, 0.3) is 0 Å². The summed E-state index contributed by atoms with van der Waals surface area (Å²) in [7, 11) is 0. The number of thioether (sulfide) groups is 1. The van der Waals surface area contributed by atoms with E-state index in [1.165, 1.54) is 16.7 Å². The Morgan fingerprint density at radius 1 is 1.10 bits per heavy atom. The van der Waals surface area contributed by atoms with E-state index in [0.29, 0.717) is 9.37 Å². The first kappa shape index (κ1) is 22.3. The molecule has 4 rings (SSSR count). The molecular formula is C18H17BrF3N4O4S+. The third kappa shape index (κ3) is 4.53. The number of aromatic nitrogens is 1. The SMILES string of the molecule is OC1O[C@H](Sc2cncc(Br)c2)C(O)C(N2C=C(c3cc(F)c(F)c(F)c3)N[NH2+]2)[C@H]1O. The molecule has 2 aromatic rings. The van der Waals surface area contributed by atoms with E-state index in [4.69, 9.17) is 4.74 Å². The van der Waals surface area contributed by atoms with E-state index >= 15 is 0 Å². The monoisotopic (exact) mass is 521 g/mol. The number of benzene rings is 1. The Balaban J connectivity index is 1.57. The number of nitrogens with two attached hydrogens (primary N) is 1. The topological polar surface area (TPSA) is 115 Å². The van der Waals surface area contributed by atoms with Crippen molar-refractivity contribution >= 4 is 33.4 Å². The summed E-state index contributed by atoms with van der Waals surface area (Å²) >= 11 is 4.40. The van der Waals surface area contributed by atoms with Crippen LogP contribution in [0.1, 0.15) is 5.56 Å². The molecule has 166 valence electrons. The number of hydrogen-bond acceptors (Lipinski definition) is 8. The van der Waals surface area contributed by atoms with Gasteiger partial charge in [0.1, 0.15) is 29.4 Å². The van der Waals surface area contributed by atoms with E-state index in [2.05, 4.69) is 26.3 Å². The Bertz CT molecular complexity index is 997. The fourth-order valence-corrected chi connectivity index (χ4v) is 4.85. The first-order chi connectivity index (χ1) is 14.7. The number of pyridine rings is 1. The van der Waals surface area contributed by atoms with E-state index in [1.54, 1.807) is 18.5 Å². The third-order valence-corrected chi connectivity index (χ3v) is 6.31. The second kappa shape index (κ2) is 8.94. The molecule has 3 unspecified atom stereocenters. The van der Waals surface area contributed by atoms with Gasteiger partial charge in [0, 0.05) is 27.3 Å². The van der Waals surface area contributed by atoms with Gasteiger partial charge >= 0.3 is 0 Å². The number of aliphatic hydroxyl groups is 3. The van der Waals surface area contributed by atoms with Gasteiger partial charge in [-0.2, -0.15) is 5.01 Å². The molecule has 1 aromatic heterocycles. The summed E-state index contributed by atoms with van der Waals surface area (Å²) in [6.45, 7) is 0. The quantitative estimate of drug-likeness (QED) is 0.290. The van der Waals surface area contributed by atoms with Gasteiger partial charge in [-0.05, 0) is 34.1 Å². The van der Waals surface area contributed by atoms with Gasteiger partial charge in [-0.3, -0.25) is 4.98 Å². The second-order valence-corrected chi connectivity index (χ2v) is 8.93. The van der Waals surface area contributed by atoms with E-state index in [9.17, 15) is 28.5 Å². The van der Waals surface area contributed by atoms with Crippen LogP contribution in [0.3, 0.4) is 0 Å². The molecule has 2 aliphatic heterocycles. The summed E-state index contributed by atoms with van der Waals surface area (Å²) < 4.78 is 46.4. The normalized spacial score (nSPS) is 28.4. The molecule has 6 N–H and O–H groups in total. The highest BCUT2D eigenvalue weighted by molar-refractivity contribution is 9.10. The smallest absolute Gasteiger partial charge is 0.194 e. The molecule has 2 aliphatic rings. The second-order valence-electron chi connectivity index (χ2n) is 6.84. The predicted molar refractivity (Wildman–Crippen MR) is 106 cm³/mol. The van der Waals surface area contributed by atoms with Gasteiger partial charge < -0.3 is 20.1 Å². The number of nitrogens with one attached hydrogen (secondary N) is 1. The average molecular weight is 522 g/mol. The van der Waals surface area contributed by atoms with Gasteiger partial charge in [-0.1, -0.05) is 11.8 Å². The van der Waals surface area contributed by atoms with Crippen LogP contribution in [0.2, 0.25) is 0 Å². The highest BCUT2D eigenvalue weighted by Gasteiger charge is 2.49. The zero-order valence-corrected chi connectivity index (χ0v) is 17.9. The summed E-state index contributed by atoms with van der Waals surface area (Å²) in [5.41, 5.74) is 3.39. The molecule has 0 saturated carbocycles. The van der Waals surface area contributed by atoms with Crippen LogP contribution >= 0.6 is 27.7 Å². The lowest BCUT2D eigenvalue weighted by atomic mass is 10.0. The number of ether oxygens (including phenoxy) is 1. The van der Waals surface area contributed by atoms with Crippen molar-refractivity contribution in [1.29, 1.82) is 0 Å².